The van der Waals surface area contributed by atoms with Gasteiger partial charge >= 0.3 is 0 Å². The molecule has 1 amide bonds. The summed E-state index contributed by atoms with van der Waals surface area (Å²) >= 11 is 8.93. The van der Waals surface area contributed by atoms with Gasteiger partial charge in [-0.1, -0.05) is 34.7 Å². The van der Waals surface area contributed by atoms with Gasteiger partial charge in [0.05, 0.1) is 6.20 Å². The molecule has 0 saturated carbocycles. The van der Waals surface area contributed by atoms with Crippen LogP contribution in [0.2, 0.25) is 4.34 Å². The Morgan fingerprint density at radius 1 is 1.32 bits per heavy atom. The first-order chi connectivity index (χ1) is 12.1. The van der Waals surface area contributed by atoms with E-state index in [4.69, 9.17) is 11.6 Å². The average molecular weight is 394 g/mol. The van der Waals surface area contributed by atoms with Gasteiger partial charge in [-0.05, 0) is 63.0 Å². The van der Waals surface area contributed by atoms with E-state index in [0.717, 1.165) is 9.24 Å². The van der Waals surface area contributed by atoms with Crippen molar-refractivity contribution in [3.05, 3.63) is 40.4 Å². The van der Waals surface area contributed by atoms with E-state index >= 15 is 0 Å². The van der Waals surface area contributed by atoms with Crippen molar-refractivity contribution in [2.45, 2.75) is 41.1 Å². The number of amides is 1. The van der Waals surface area contributed by atoms with Gasteiger partial charge in [-0.15, -0.1) is 0 Å². The lowest BCUT2D eigenvalue weighted by Crippen LogP contribution is -2.62. The maximum absolute atomic E-state index is 12.6. The van der Waals surface area contributed by atoms with Crippen LogP contribution < -0.4 is 5.32 Å². The number of piperidine rings is 3. The van der Waals surface area contributed by atoms with Crippen LogP contribution in [0.15, 0.2) is 39.7 Å². The van der Waals surface area contributed by atoms with Gasteiger partial charge in [-0.2, -0.15) is 0 Å². The molecule has 7 heteroatoms. The van der Waals surface area contributed by atoms with Crippen LogP contribution in [0.3, 0.4) is 0 Å². The van der Waals surface area contributed by atoms with Crippen molar-refractivity contribution in [3.63, 3.8) is 0 Å². The summed E-state index contributed by atoms with van der Waals surface area (Å²) in [6.45, 7) is 4.57. The van der Waals surface area contributed by atoms with Crippen LogP contribution in [0, 0.1) is 5.92 Å². The normalized spacial score (nSPS) is 28.1. The van der Waals surface area contributed by atoms with Crippen LogP contribution in [0.5, 0.6) is 0 Å². The highest BCUT2D eigenvalue weighted by molar-refractivity contribution is 8.01. The number of nitrogens with one attached hydrogen (secondary N) is 1. The second-order valence-corrected chi connectivity index (χ2v) is 9.65. The van der Waals surface area contributed by atoms with Gasteiger partial charge in [0.2, 0.25) is 0 Å². The average Bonchev–Trinajstić information content (AvgIpc) is 3.04. The third-order valence-corrected chi connectivity index (χ3v) is 7.45. The Balaban J connectivity index is 1.40. The third-order valence-electron chi connectivity index (χ3n) is 5.25. The van der Waals surface area contributed by atoms with Crippen molar-refractivity contribution in [1.29, 1.82) is 0 Å². The maximum atomic E-state index is 12.6. The number of carbonyl (C=O) groups is 1. The number of fused-ring (bicyclic) bond motifs is 3. The van der Waals surface area contributed by atoms with Crippen LogP contribution >= 0.6 is 34.7 Å². The molecule has 0 spiro atoms. The lowest BCUT2D eigenvalue weighted by molar-refractivity contribution is 0.0217. The maximum Gasteiger partial charge on any atom is 0.251 e. The zero-order valence-electron chi connectivity index (χ0n) is 13.9. The molecule has 0 radical (unpaired) electrons. The number of aromatic nitrogens is 1. The molecule has 5 rings (SSSR count). The quantitative estimate of drug-likeness (QED) is 0.847. The molecule has 1 N–H and O–H groups in total. The predicted octanol–water partition coefficient (Wildman–Crippen LogP) is 4.16. The Hall–Kier alpha value is -1.08. The van der Waals surface area contributed by atoms with Gasteiger partial charge in [0.1, 0.15) is 4.34 Å². The Bertz CT molecular complexity index is 754. The van der Waals surface area contributed by atoms with Gasteiger partial charge in [0.15, 0.2) is 4.34 Å². The predicted molar refractivity (Wildman–Crippen MR) is 103 cm³/mol. The van der Waals surface area contributed by atoms with E-state index in [2.05, 4.69) is 22.1 Å². The second kappa shape index (κ2) is 7.27. The molecule has 3 aliphatic rings. The minimum atomic E-state index is 0.0273. The monoisotopic (exact) mass is 393 g/mol. The number of carbonyl (C=O) groups excluding carboxylic acids is 1. The van der Waals surface area contributed by atoms with Gasteiger partial charge < -0.3 is 5.32 Å². The van der Waals surface area contributed by atoms with E-state index in [1.165, 1.54) is 37.3 Å². The fourth-order valence-corrected chi connectivity index (χ4v) is 5.93. The van der Waals surface area contributed by atoms with Gasteiger partial charge in [-0.3, -0.25) is 9.69 Å². The highest BCUT2D eigenvalue weighted by atomic mass is 35.5. The lowest BCUT2D eigenvalue weighted by Gasteiger charge is -2.49. The second-order valence-electron chi connectivity index (χ2n) is 6.67. The highest BCUT2D eigenvalue weighted by Crippen LogP contribution is 2.34. The van der Waals surface area contributed by atoms with Crippen LogP contribution in [0.25, 0.3) is 0 Å². The van der Waals surface area contributed by atoms with E-state index in [9.17, 15) is 4.79 Å². The molecular formula is C18H20ClN3OS2. The highest BCUT2D eigenvalue weighted by Gasteiger charge is 2.40. The number of benzene rings is 1. The van der Waals surface area contributed by atoms with E-state index < -0.39 is 0 Å². The molecule has 4 heterocycles. The number of hydrogen-bond donors (Lipinski definition) is 1. The summed E-state index contributed by atoms with van der Waals surface area (Å²) in [6, 6.07) is 8.41. The van der Waals surface area contributed by atoms with Crippen molar-refractivity contribution in [2.75, 3.05) is 13.1 Å². The number of nitrogens with zero attached hydrogens (tertiary/aromatic N) is 2. The first-order valence-electron chi connectivity index (χ1n) is 8.54. The van der Waals surface area contributed by atoms with Crippen LogP contribution in [0.1, 0.15) is 30.1 Å². The van der Waals surface area contributed by atoms with E-state index in [-0.39, 0.29) is 11.9 Å². The molecule has 1 aromatic carbocycles. The lowest BCUT2D eigenvalue weighted by atomic mass is 9.79. The number of halogens is 1. The largest absolute Gasteiger partial charge is 0.347 e. The number of hydrogen-bond acceptors (Lipinski definition) is 5. The van der Waals surface area contributed by atoms with Gasteiger partial charge in [0, 0.05) is 22.5 Å². The first-order valence-corrected chi connectivity index (χ1v) is 10.6. The number of thiazole rings is 1. The van der Waals surface area contributed by atoms with E-state index in [1.807, 2.05) is 24.3 Å². The molecule has 2 atom stereocenters. The summed E-state index contributed by atoms with van der Waals surface area (Å²) in [5, 5.41) is 3.27. The zero-order valence-corrected chi connectivity index (χ0v) is 16.3. The Kier molecular flexibility index (Phi) is 5.04. The molecule has 3 fully saturated rings. The van der Waals surface area contributed by atoms with E-state index in [1.54, 1.807) is 18.0 Å². The summed E-state index contributed by atoms with van der Waals surface area (Å²) in [7, 11) is 0. The molecular weight excluding hydrogens is 374 g/mol. The van der Waals surface area contributed by atoms with Crippen molar-refractivity contribution in [1.82, 2.24) is 15.2 Å². The molecule has 1 aromatic heterocycles. The van der Waals surface area contributed by atoms with E-state index in [0.29, 0.717) is 21.9 Å². The standard InChI is InChI=1S/C18H20ClN3OS2/c1-11-16(12-6-8-22(11)9-7-12)21-17(23)13-2-4-14(5-3-13)24-18-20-10-15(19)25-18/h2-5,10-12,16H,6-9H2,1H3,(H,21,23)/t11-,16-/m0/s1. The Labute approximate surface area is 161 Å². The summed E-state index contributed by atoms with van der Waals surface area (Å²) in [5.74, 6) is 0.646. The molecule has 3 saturated heterocycles. The molecule has 0 aliphatic carbocycles. The SMILES string of the molecule is C[C@H]1[C@H](NC(=O)c2ccc(Sc3ncc(Cl)s3)cc2)C2CCN1CC2. The summed E-state index contributed by atoms with van der Waals surface area (Å²) < 4.78 is 1.59. The molecule has 25 heavy (non-hydrogen) atoms. The first kappa shape index (κ1) is 17.3. The van der Waals surface area contributed by atoms with Gasteiger partial charge in [0.25, 0.3) is 5.91 Å². The zero-order chi connectivity index (χ0) is 17.4. The summed E-state index contributed by atoms with van der Waals surface area (Å²) in [6.07, 6.45) is 4.05. The molecule has 0 unspecified atom stereocenters. The van der Waals surface area contributed by atoms with Crippen molar-refractivity contribution >= 4 is 40.6 Å². The van der Waals surface area contributed by atoms with Crippen LogP contribution in [-0.2, 0) is 0 Å². The molecule has 3 aliphatic heterocycles. The topological polar surface area (TPSA) is 45.2 Å². The van der Waals surface area contributed by atoms with Crippen LogP contribution in [-0.4, -0.2) is 41.0 Å². The summed E-state index contributed by atoms with van der Waals surface area (Å²) in [4.78, 5) is 20.4. The fraction of sp³-hybridized carbons (Fsp3) is 0.444. The molecule has 2 aromatic rings. The van der Waals surface area contributed by atoms with Crippen molar-refractivity contribution in [3.8, 4) is 0 Å². The van der Waals surface area contributed by atoms with Crippen molar-refractivity contribution in [2.24, 2.45) is 5.92 Å². The van der Waals surface area contributed by atoms with Crippen molar-refractivity contribution < 1.29 is 4.79 Å². The van der Waals surface area contributed by atoms with Crippen LogP contribution in [0.4, 0.5) is 0 Å². The molecule has 2 bridgehead atoms. The Morgan fingerprint density at radius 3 is 2.64 bits per heavy atom. The minimum Gasteiger partial charge on any atom is -0.347 e. The smallest absolute Gasteiger partial charge is 0.251 e. The third kappa shape index (κ3) is 3.72. The summed E-state index contributed by atoms with van der Waals surface area (Å²) in [5.41, 5.74) is 0.713. The fourth-order valence-electron chi connectivity index (χ4n) is 3.84. The molecule has 132 valence electrons. The molecule has 4 nitrogen and oxygen atoms in total. The Morgan fingerprint density at radius 2 is 2.04 bits per heavy atom. The van der Waals surface area contributed by atoms with Gasteiger partial charge in [-0.25, -0.2) is 4.98 Å². The number of rotatable bonds is 4. The minimum absolute atomic E-state index is 0.0273.